The molecule has 2 N–H and O–H groups in total. The Labute approximate surface area is 140 Å². The second kappa shape index (κ2) is 7.57. The second-order valence-electron chi connectivity index (χ2n) is 6.23. The van der Waals surface area contributed by atoms with Crippen molar-refractivity contribution in [3.05, 3.63) is 35.0 Å². The fourth-order valence-electron chi connectivity index (χ4n) is 3.16. The summed E-state index contributed by atoms with van der Waals surface area (Å²) in [6.45, 7) is 2.67. The maximum atomic E-state index is 6.31. The molecule has 0 aromatic carbocycles. The Balaban J connectivity index is 1.53. The fraction of sp³-hybridized carbons (Fsp3) is 0.588. The van der Waals surface area contributed by atoms with E-state index in [4.69, 9.17) is 10.5 Å². The van der Waals surface area contributed by atoms with Crippen molar-refractivity contribution >= 4 is 21.7 Å². The summed E-state index contributed by atoms with van der Waals surface area (Å²) >= 11 is 3.56. The van der Waals surface area contributed by atoms with Gasteiger partial charge in [-0.05, 0) is 42.3 Å². The Kier molecular flexibility index (Phi) is 5.50. The molecule has 1 saturated heterocycles. The van der Waals surface area contributed by atoms with E-state index in [2.05, 4.69) is 38.0 Å². The van der Waals surface area contributed by atoms with Crippen molar-refractivity contribution < 1.29 is 4.74 Å². The smallest absolute Gasteiger partial charge is 0.128 e. The Morgan fingerprint density at radius 1 is 1.36 bits per heavy atom. The molecule has 5 heteroatoms. The van der Waals surface area contributed by atoms with Crippen LogP contribution in [0.25, 0.3) is 0 Å². The van der Waals surface area contributed by atoms with Gasteiger partial charge in [-0.25, -0.2) is 4.98 Å². The zero-order valence-corrected chi connectivity index (χ0v) is 14.4. The van der Waals surface area contributed by atoms with Gasteiger partial charge in [0.05, 0.1) is 12.7 Å². The molecular formula is C17H24BrN3O. The third kappa shape index (κ3) is 4.09. The predicted molar refractivity (Wildman–Crippen MR) is 93.1 cm³/mol. The lowest BCUT2D eigenvalue weighted by molar-refractivity contribution is 0.0170. The normalized spacial score (nSPS) is 29.3. The van der Waals surface area contributed by atoms with Crippen molar-refractivity contribution in [1.82, 2.24) is 4.98 Å². The summed E-state index contributed by atoms with van der Waals surface area (Å²) < 4.78 is 7.44. The molecule has 1 aliphatic carbocycles. The van der Waals surface area contributed by atoms with Crippen molar-refractivity contribution in [2.45, 2.75) is 37.8 Å². The summed E-state index contributed by atoms with van der Waals surface area (Å²) in [6.07, 6.45) is 8.62. The van der Waals surface area contributed by atoms with E-state index in [1.807, 2.05) is 18.3 Å². The molecule has 120 valence electrons. The lowest BCUT2D eigenvalue weighted by Gasteiger charge is -2.38. The molecule has 4 nitrogen and oxygen atoms in total. The number of aromatic nitrogens is 1. The van der Waals surface area contributed by atoms with Crippen molar-refractivity contribution in [2.75, 3.05) is 24.6 Å². The van der Waals surface area contributed by atoms with Gasteiger partial charge in [-0.3, -0.25) is 0 Å². The Bertz CT molecular complexity index is 508. The first-order valence-electron chi connectivity index (χ1n) is 8.10. The van der Waals surface area contributed by atoms with E-state index in [1.54, 1.807) is 0 Å². The third-order valence-electron chi connectivity index (χ3n) is 4.62. The van der Waals surface area contributed by atoms with E-state index >= 15 is 0 Å². The third-order valence-corrected chi connectivity index (χ3v) is 5.34. The number of halogens is 1. The van der Waals surface area contributed by atoms with Gasteiger partial charge in [0.1, 0.15) is 5.82 Å². The molecule has 2 aliphatic rings. The molecule has 0 spiro atoms. The van der Waals surface area contributed by atoms with Crippen LogP contribution in [0, 0.1) is 5.92 Å². The highest BCUT2D eigenvalue weighted by Gasteiger charge is 2.28. The van der Waals surface area contributed by atoms with Crippen molar-refractivity contribution in [3.63, 3.8) is 0 Å². The number of ether oxygens (including phenoxy) is 1. The zero-order valence-electron chi connectivity index (χ0n) is 12.8. The highest BCUT2D eigenvalue weighted by atomic mass is 79.9. The number of hydrogen-bond donors (Lipinski definition) is 1. The SMILES string of the molecule is NC1CCN(c2ccccn2)CC1COC1CC=C(Br)CC1. The second-order valence-corrected chi connectivity index (χ2v) is 7.25. The van der Waals surface area contributed by atoms with Gasteiger partial charge in [0.2, 0.25) is 0 Å². The molecule has 0 bridgehead atoms. The Morgan fingerprint density at radius 3 is 3.00 bits per heavy atom. The molecule has 1 aliphatic heterocycles. The van der Waals surface area contributed by atoms with Crippen LogP contribution in [-0.2, 0) is 4.74 Å². The molecule has 3 rings (SSSR count). The monoisotopic (exact) mass is 365 g/mol. The van der Waals surface area contributed by atoms with Crippen LogP contribution in [0.3, 0.4) is 0 Å². The van der Waals surface area contributed by atoms with Crippen LogP contribution < -0.4 is 10.6 Å². The van der Waals surface area contributed by atoms with Gasteiger partial charge in [0.25, 0.3) is 0 Å². The number of nitrogens with zero attached hydrogens (tertiary/aromatic N) is 2. The maximum Gasteiger partial charge on any atom is 0.128 e. The van der Waals surface area contributed by atoms with Crippen LogP contribution in [-0.4, -0.2) is 36.8 Å². The van der Waals surface area contributed by atoms with Crippen molar-refractivity contribution in [3.8, 4) is 0 Å². The van der Waals surface area contributed by atoms with E-state index in [-0.39, 0.29) is 6.04 Å². The van der Waals surface area contributed by atoms with E-state index in [9.17, 15) is 0 Å². The van der Waals surface area contributed by atoms with Crippen LogP contribution in [0.1, 0.15) is 25.7 Å². The molecule has 22 heavy (non-hydrogen) atoms. The van der Waals surface area contributed by atoms with Crippen LogP contribution in [0.2, 0.25) is 0 Å². The minimum Gasteiger partial charge on any atom is -0.377 e. The topological polar surface area (TPSA) is 51.4 Å². The molecule has 1 aromatic heterocycles. The average Bonchev–Trinajstić information content (AvgIpc) is 2.56. The Hall–Kier alpha value is -0.910. The number of pyridine rings is 1. The largest absolute Gasteiger partial charge is 0.377 e. The molecule has 0 saturated carbocycles. The molecule has 0 amide bonds. The fourth-order valence-corrected chi connectivity index (χ4v) is 3.58. The first-order valence-corrected chi connectivity index (χ1v) is 8.89. The molecule has 2 heterocycles. The minimum absolute atomic E-state index is 0.228. The van der Waals surface area contributed by atoms with Crippen LogP contribution in [0.15, 0.2) is 35.0 Å². The number of allylic oxidation sites excluding steroid dienone is 1. The summed E-state index contributed by atoms with van der Waals surface area (Å²) in [6, 6.07) is 6.28. The zero-order chi connectivity index (χ0) is 15.4. The number of hydrogen-bond acceptors (Lipinski definition) is 4. The number of nitrogens with two attached hydrogens (primary N) is 1. The molecule has 0 radical (unpaired) electrons. The van der Waals surface area contributed by atoms with Crippen molar-refractivity contribution in [1.29, 1.82) is 0 Å². The number of anilines is 1. The first kappa shape index (κ1) is 16.0. The van der Waals surface area contributed by atoms with E-state index in [0.29, 0.717) is 12.0 Å². The number of rotatable bonds is 4. The van der Waals surface area contributed by atoms with E-state index in [1.165, 1.54) is 4.48 Å². The molecule has 1 fully saturated rings. The van der Waals surface area contributed by atoms with E-state index in [0.717, 1.165) is 51.2 Å². The average molecular weight is 366 g/mol. The van der Waals surface area contributed by atoms with Crippen molar-refractivity contribution in [2.24, 2.45) is 11.7 Å². The van der Waals surface area contributed by atoms with Gasteiger partial charge in [-0.1, -0.05) is 28.1 Å². The van der Waals surface area contributed by atoms with Crippen LogP contribution in [0.4, 0.5) is 5.82 Å². The lowest BCUT2D eigenvalue weighted by Crippen LogP contribution is -2.49. The van der Waals surface area contributed by atoms with Gasteiger partial charge in [0, 0.05) is 31.2 Å². The highest BCUT2D eigenvalue weighted by Crippen LogP contribution is 2.26. The quantitative estimate of drug-likeness (QED) is 0.890. The predicted octanol–water partition coefficient (Wildman–Crippen LogP) is 3.08. The molecule has 3 atom stereocenters. The van der Waals surface area contributed by atoms with Gasteiger partial charge >= 0.3 is 0 Å². The van der Waals surface area contributed by atoms with Gasteiger partial charge in [-0.15, -0.1) is 0 Å². The van der Waals surface area contributed by atoms with Gasteiger partial charge in [0.15, 0.2) is 0 Å². The van der Waals surface area contributed by atoms with Gasteiger partial charge in [-0.2, -0.15) is 0 Å². The van der Waals surface area contributed by atoms with Gasteiger partial charge < -0.3 is 15.4 Å². The molecular weight excluding hydrogens is 342 g/mol. The number of piperidine rings is 1. The lowest BCUT2D eigenvalue weighted by atomic mass is 9.93. The minimum atomic E-state index is 0.228. The summed E-state index contributed by atoms with van der Waals surface area (Å²) in [5.74, 6) is 1.43. The summed E-state index contributed by atoms with van der Waals surface area (Å²) in [5.41, 5.74) is 6.31. The molecule has 3 unspecified atom stereocenters. The molecule has 1 aromatic rings. The highest BCUT2D eigenvalue weighted by molar-refractivity contribution is 9.11. The van der Waals surface area contributed by atoms with E-state index < -0.39 is 0 Å². The maximum absolute atomic E-state index is 6.31. The van der Waals surface area contributed by atoms with Crippen LogP contribution in [0.5, 0.6) is 0 Å². The summed E-state index contributed by atoms with van der Waals surface area (Å²) in [5, 5.41) is 0. The van der Waals surface area contributed by atoms with Crippen LogP contribution >= 0.6 is 15.9 Å². The first-order chi connectivity index (χ1) is 10.7. The summed E-state index contributed by atoms with van der Waals surface area (Å²) in [4.78, 5) is 6.78. The Morgan fingerprint density at radius 2 is 2.27 bits per heavy atom. The summed E-state index contributed by atoms with van der Waals surface area (Å²) in [7, 11) is 0. The standard InChI is InChI=1S/C17H24BrN3O/c18-14-4-6-15(7-5-14)22-12-13-11-21(10-8-16(13)19)17-3-1-2-9-20-17/h1-4,9,13,15-16H,5-8,10-12,19H2.